The van der Waals surface area contributed by atoms with Crippen LogP contribution in [0.2, 0.25) is 4.34 Å². The van der Waals surface area contributed by atoms with Gasteiger partial charge in [-0.3, -0.25) is 4.79 Å². The zero-order valence-corrected chi connectivity index (χ0v) is 13.0. The lowest BCUT2D eigenvalue weighted by Crippen LogP contribution is -2.55. The van der Waals surface area contributed by atoms with E-state index in [-0.39, 0.29) is 15.8 Å². The fraction of sp³-hybridized carbons (Fsp3) is 0.545. The van der Waals surface area contributed by atoms with Crippen molar-refractivity contribution in [1.29, 1.82) is 0 Å². The molecule has 0 bridgehead atoms. The molecule has 20 heavy (non-hydrogen) atoms. The minimum absolute atomic E-state index is 0.0296. The maximum atomic E-state index is 12.1. The molecule has 112 valence electrons. The van der Waals surface area contributed by atoms with Gasteiger partial charge in [-0.1, -0.05) is 11.6 Å². The van der Waals surface area contributed by atoms with Crippen LogP contribution in [0.1, 0.15) is 12.8 Å². The number of carboxylic acid groups (broad SMARTS) is 1. The number of aliphatic carboxylic acids is 1. The Morgan fingerprint density at radius 1 is 1.65 bits per heavy atom. The molecule has 6 nitrogen and oxygen atoms in total. The topological polar surface area (TPSA) is 92.7 Å². The number of carbonyl (C=O) groups is 1. The fourth-order valence-electron chi connectivity index (χ4n) is 2.17. The number of rotatable bonds is 6. The van der Waals surface area contributed by atoms with Gasteiger partial charge < -0.3 is 9.84 Å². The van der Waals surface area contributed by atoms with Gasteiger partial charge in [0, 0.05) is 13.7 Å². The summed E-state index contributed by atoms with van der Waals surface area (Å²) in [6.45, 7) is 0.0296. The van der Waals surface area contributed by atoms with Crippen LogP contribution < -0.4 is 4.72 Å². The van der Waals surface area contributed by atoms with Crippen LogP contribution >= 0.6 is 22.9 Å². The summed E-state index contributed by atoms with van der Waals surface area (Å²) in [4.78, 5) is 10.8. The average Bonchev–Trinajstić information content (AvgIpc) is 2.75. The van der Waals surface area contributed by atoms with Crippen molar-refractivity contribution in [3.05, 3.63) is 15.8 Å². The zero-order valence-electron chi connectivity index (χ0n) is 10.6. The molecule has 0 amide bonds. The number of sulfonamides is 1. The first-order chi connectivity index (χ1) is 9.30. The largest absolute Gasteiger partial charge is 0.481 e. The molecular weight excluding hydrogens is 326 g/mol. The van der Waals surface area contributed by atoms with Crippen LogP contribution in [0.4, 0.5) is 0 Å². The van der Waals surface area contributed by atoms with Crippen molar-refractivity contribution < 1.29 is 23.1 Å². The van der Waals surface area contributed by atoms with Gasteiger partial charge in [-0.05, 0) is 24.3 Å². The Hall–Kier alpha value is -0.670. The minimum Gasteiger partial charge on any atom is -0.481 e. The molecule has 1 aromatic heterocycles. The van der Waals surface area contributed by atoms with Crippen LogP contribution in [0, 0.1) is 5.92 Å². The third-order valence-electron chi connectivity index (χ3n) is 3.48. The molecule has 1 aliphatic carbocycles. The van der Waals surface area contributed by atoms with Gasteiger partial charge in [0.15, 0.2) is 0 Å². The third-order valence-corrected chi connectivity index (χ3v) is 6.33. The quantitative estimate of drug-likeness (QED) is 0.820. The van der Waals surface area contributed by atoms with E-state index in [1.165, 1.54) is 13.2 Å². The molecule has 0 saturated heterocycles. The standard InChI is InChI=1S/C11H14ClNO5S2/c1-18-11(4-7(5-11)10(14)15)6-13-20(16,17)8-2-3-19-9(8)12/h2-3,7,13H,4-6H2,1H3,(H,14,15). The van der Waals surface area contributed by atoms with Crippen LogP contribution in [0.15, 0.2) is 16.3 Å². The molecular formula is C11H14ClNO5S2. The van der Waals surface area contributed by atoms with Crippen molar-refractivity contribution in [2.75, 3.05) is 13.7 Å². The predicted molar refractivity (Wildman–Crippen MR) is 74.6 cm³/mol. The number of methoxy groups -OCH3 is 1. The van der Waals surface area contributed by atoms with Gasteiger partial charge in [-0.2, -0.15) is 0 Å². The molecule has 0 unspecified atom stereocenters. The first-order valence-electron chi connectivity index (χ1n) is 5.80. The highest BCUT2D eigenvalue weighted by atomic mass is 35.5. The SMILES string of the molecule is COC1(CNS(=O)(=O)c2ccsc2Cl)CC(C(=O)O)C1. The lowest BCUT2D eigenvalue weighted by atomic mass is 9.71. The van der Waals surface area contributed by atoms with E-state index in [2.05, 4.69) is 4.72 Å². The van der Waals surface area contributed by atoms with E-state index in [0.29, 0.717) is 12.8 Å². The Bertz CT molecular complexity index is 606. The molecule has 0 atom stereocenters. The lowest BCUT2D eigenvalue weighted by Gasteiger charge is -2.44. The second-order valence-electron chi connectivity index (χ2n) is 4.71. The van der Waals surface area contributed by atoms with Crippen LogP contribution in [0.3, 0.4) is 0 Å². The molecule has 0 spiro atoms. The van der Waals surface area contributed by atoms with Gasteiger partial charge >= 0.3 is 5.97 Å². The van der Waals surface area contributed by atoms with Crippen LogP contribution in [0.5, 0.6) is 0 Å². The first kappa shape index (κ1) is 15.7. The Labute approximate surface area is 125 Å². The first-order valence-corrected chi connectivity index (χ1v) is 8.54. The second kappa shape index (κ2) is 5.61. The molecule has 1 aromatic rings. The predicted octanol–water partition coefficient (Wildman–Crippen LogP) is 1.56. The number of hydrogen-bond acceptors (Lipinski definition) is 5. The molecule has 1 saturated carbocycles. The van der Waals surface area contributed by atoms with Crippen molar-refractivity contribution in [1.82, 2.24) is 4.72 Å². The number of halogens is 1. The highest BCUT2D eigenvalue weighted by Gasteiger charge is 2.48. The summed E-state index contributed by atoms with van der Waals surface area (Å²) < 4.78 is 32.0. The van der Waals surface area contributed by atoms with Crippen molar-refractivity contribution >= 4 is 38.9 Å². The van der Waals surface area contributed by atoms with E-state index >= 15 is 0 Å². The van der Waals surface area contributed by atoms with Gasteiger partial charge in [0.25, 0.3) is 0 Å². The van der Waals surface area contributed by atoms with E-state index in [4.69, 9.17) is 21.4 Å². The molecule has 2 rings (SSSR count). The van der Waals surface area contributed by atoms with Crippen molar-refractivity contribution in [3.8, 4) is 0 Å². The number of ether oxygens (including phenoxy) is 1. The van der Waals surface area contributed by atoms with Crippen molar-refractivity contribution in [2.45, 2.75) is 23.3 Å². The van der Waals surface area contributed by atoms with Crippen LogP contribution in [0.25, 0.3) is 0 Å². The summed E-state index contributed by atoms with van der Waals surface area (Å²) in [5, 5.41) is 10.5. The van der Waals surface area contributed by atoms with Gasteiger partial charge in [0.1, 0.15) is 9.23 Å². The maximum absolute atomic E-state index is 12.1. The minimum atomic E-state index is -3.70. The molecule has 2 N–H and O–H groups in total. The van der Waals surface area contributed by atoms with E-state index in [1.54, 1.807) is 5.38 Å². The van der Waals surface area contributed by atoms with Gasteiger partial charge in [-0.15, -0.1) is 11.3 Å². The molecule has 9 heteroatoms. The van der Waals surface area contributed by atoms with E-state index < -0.39 is 27.5 Å². The monoisotopic (exact) mass is 339 g/mol. The molecule has 1 aliphatic rings. The van der Waals surface area contributed by atoms with Crippen LogP contribution in [-0.4, -0.2) is 38.7 Å². The van der Waals surface area contributed by atoms with E-state index in [1.807, 2.05) is 0 Å². The average molecular weight is 340 g/mol. The van der Waals surface area contributed by atoms with E-state index in [0.717, 1.165) is 11.3 Å². The maximum Gasteiger partial charge on any atom is 0.306 e. The molecule has 0 radical (unpaired) electrons. The number of carboxylic acids is 1. The molecule has 1 heterocycles. The normalized spacial score (nSPS) is 26.2. The highest BCUT2D eigenvalue weighted by molar-refractivity contribution is 7.89. The van der Waals surface area contributed by atoms with Gasteiger partial charge in [0.2, 0.25) is 10.0 Å². The Morgan fingerprint density at radius 3 is 2.75 bits per heavy atom. The number of thiophene rings is 1. The van der Waals surface area contributed by atoms with Gasteiger partial charge in [0.05, 0.1) is 11.5 Å². The summed E-state index contributed by atoms with van der Waals surface area (Å²) in [5.74, 6) is -1.37. The molecule has 0 aromatic carbocycles. The number of hydrogen-bond donors (Lipinski definition) is 2. The van der Waals surface area contributed by atoms with Crippen molar-refractivity contribution in [3.63, 3.8) is 0 Å². The fourth-order valence-corrected chi connectivity index (χ4v) is 4.83. The summed E-state index contributed by atoms with van der Waals surface area (Å²) in [6.07, 6.45) is 0.581. The van der Waals surface area contributed by atoms with Crippen LogP contribution in [-0.2, 0) is 19.6 Å². The van der Waals surface area contributed by atoms with Crippen molar-refractivity contribution in [2.24, 2.45) is 5.92 Å². The third kappa shape index (κ3) is 2.99. The lowest BCUT2D eigenvalue weighted by molar-refractivity contribution is -0.161. The molecule has 0 aliphatic heterocycles. The molecule has 1 fully saturated rings. The zero-order chi connectivity index (χ0) is 15.0. The number of nitrogens with one attached hydrogen (secondary N) is 1. The summed E-state index contributed by atoms with van der Waals surface area (Å²) in [5.41, 5.74) is -0.751. The highest BCUT2D eigenvalue weighted by Crippen LogP contribution is 2.40. The second-order valence-corrected chi connectivity index (χ2v) is 7.97. The summed E-state index contributed by atoms with van der Waals surface area (Å²) in [7, 11) is -2.26. The summed E-state index contributed by atoms with van der Waals surface area (Å²) in [6, 6.07) is 1.43. The van der Waals surface area contributed by atoms with E-state index in [9.17, 15) is 13.2 Å². The Morgan fingerprint density at radius 2 is 2.30 bits per heavy atom. The summed E-state index contributed by atoms with van der Waals surface area (Å²) >= 11 is 6.94. The van der Waals surface area contributed by atoms with Gasteiger partial charge in [-0.25, -0.2) is 13.1 Å². The smallest absolute Gasteiger partial charge is 0.306 e. The Balaban J connectivity index is 2.02. The Kier molecular flexibility index (Phi) is 4.41.